The van der Waals surface area contributed by atoms with Crippen molar-refractivity contribution in [2.75, 3.05) is 11.9 Å². The molecule has 0 radical (unpaired) electrons. The van der Waals surface area contributed by atoms with Crippen molar-refractivity contribution in [1.82, 2.24) is 5.43 Å². The summed E-state index contributed by atoms with van der Waals surface area (Å²) in [6, 6.07) is 7.11. The zero-order chi connectivity index (χ0) is 17.1. The first-order valence-electron chi connectivity index (χ1n) is 7.96. The maximum absolute atomic E-state index is 11.8. The summed E-state index contributed by atoms with van der Waals surface area (Å²) in [5.74, 6) is 0.288. The smallest absolute Gasteiger partial charge is 0.240 e. The van der Waals surface area contributed by atoms with Gasteiger partial charge in [0.25, 0.3) is 0 Å². The number of anilines is 1. The fourth-order valence-electron chi connectivity index (χ4n) is 1.86. The minimum atomic E-state index is -0.258. The van der Waals surface area contributed by atoms with Gasteiger partial charge in [0, 0.05) is 24.2 Å². The highest BCUT2D eigenvalue weighted by molar-refractivity contribution is 5.93. The van der Waals surface area contributed by atoms with E-state index in [-0.39, 0.29) is 24.7 Å². The van der Waals surface area contributed by atoms with Gasteiger partial charge in [-0.05, 0) is 44.0 Å². The van der Waals surface area contributed by atoms with Crippen LogP contribution in [-0.2, 0) is 9.59 Å². The topological polar surface area (TPSA) is 79.8 Å². The average molecular weight is 319 g/mol. The Bertz CT molecular complexity index is 533. The SMILES string of the molecule is CCOc1ccc(NC(=O)CCC(=O)NN=C(CC)CC)cc1. The molecule has 0 unspecified atom stereocenters. The van der Waals surface area contributed by atoms with Gasteiger partial charge in [-0.15, -0.1) is 0 Å². The summed E-state index contributed by atoms with van der Waals surface area (Å²) >= 11 is 0. The Morgan fingerprint density at radius 1 is 1.00 bits per heavy atom. The van der Waals surface area contributed by atoms with Crippen LogP contribution in [0, 0.1) is 0 Å². The summed E-state index contributed by atoms with van der Waals surface area (Å²) in [6.07, 6.45) is 1.82. The van der Waals surface area contributed by atoms with Crippen LogP contribution in [0.1, 0.15) is 46.5 Å². The standard InChI is InChI=1S/C17H25N3O3/c1-4-13(5-2)19-20-17(22)12-11-16(21)18-14-7-9-15(10-8-14)23-6-3/h7-10H,4-6,11-12H2,1-3H3,(H,18,21)(H,20,22). The van der Waals surface area contributed by atoms with E-state index < -0.39 is 0 Å². The molecule has 0 saturated carbocycles. The maximum Gasteiger partial charge on any atom is 0.240 e. The second-order valence-corrected chi connectivity index (χ2v) is 4.93. The highest BCUT2D eigenvalue weighted by atomic mass is 16.5. The summed E-state index contributed by atoms with van der Waals surface area (Å²) < 4.78 is 5.33. The van der Waals surface area contributed by atoms with Crippen LogP contribution in [0.2, 0.25) is 0 Å². The predicted molar refractivity (Wildman–Crippen MR) is 91.6 cm³/mol. The normalized spacial score (nSPS) is 9.87. The minimum Gasteiger partial charge on any atom is -0.494 e. The second kappa shape index (κ2) is 10.4. The van der Waals surface area contributed by atoms with Crippen LogP contribution in [-0.4, -0.2) is 24.1 Å². The van der Waals surface area contributed by atoms with Crippen LogP contribution >= 0.6 is 0 Å². The van der Waals surface area contributed by atoms with Gasteiger partial charge in [-0.1, -0.05) is 13.8 Å². The molecule has 0 aliphatic heterocycles. The molecule has 1 rings (SSSR count). The van der Waals surface area contributed by atoms with Gasteiger partial charge in [0.1, 0.15) is 5.75 Å². The van der Waals surface area contributed by atoms with E-state index in [0.29, 0.717) is 12.3 Å². The third-order valence-electron chi connectivity index (χ3n) is 3.18. The molecule has 0 bridgehead atoms. The number of carbonyl (C=O) groups is 2. The van der Waals surface area contributed by atoms with E-state index in [1.54, 1.807) is 24.3 Å². The quantitative estimate of drug-likeness (QED) is 0.542. The highest BCUT2D eigenvalue weighted by Crippen LogP contribution is 2.15. The lowest BCUT2D eigenvalue weighted by Crippen LogP contribution is -2.21. The number of nitrogens with one attached hydrogen (secondary N) is 2. The number of hydrogen-bond acceptors (Lipinski definition) is 4. The Morgan fingerprint density at radius 3 is 2.17 bits per heavy atom. The van der Waals surface area contributed by atoms with E-state index in [1.807, 2.05) is 20.8 Å². The Morgan fingerprint density at radius 2 is 1.61 bits per heavy atom. The lowest BCUT2D eigenvalue weighted by molar-refractivity contribution is -0.124. The summed E-state index contributed by atoms with van der Waals surface area (Å²) in [7, 11) is 0. The zero-order valence-electron chi connectivity index (χ0n) is 14.0. The van der Waals surface area contributed by atoms with Crippen LogP contribution in [0.4, 0.5) is 5.69 Å². The van der Waals surface area contributed by atoms with Crippen molar-refractivity contribution in [2.24, 2.45) is 5.10 Å². The maximum atomic E-state index is 11.8. The molecule has 6 heteroatoms. The molecule has 0 saturated heterocycles. The largest absolute Gasteiger partial charge is 0.494 e. The number of hydrazone groups is 1. The van der Waals surface area contributed by atoms with Gasteiger partial charge in [-0.25, -0.2) is 5.43 Å². The molecule has 6 nitrogen and oxygen atoms in total. The van der Waals surface area contributed by atoms with E-state index in [1.165, 1.54) is 0 Å². The lowest BCUT2D eigenvalue weighted by atomic mass is 10.2. The van der Waals surface area contributed by atoms with Crippen molar-refractivity contribution in [3.05, 3.63) is 24.3 Å². The molecule has 23 heavy (non-hydrogen) atoms. The monoisotopic (exact) mass is 319 g/mol. The van der Waals surface area contributed by atoms with Gasteiger partial charge in [-0.3, -0.25) is 9.59 Å². The summed E-state index contributed by atoms with van der Waals surface area (Å²) in [4.78, 5) is 23.5. The molecule has 1 aromatic carbocycles. The lowest BCUT2D eigenvalue weighted by Gasteiger charge is -2.07. The first-order chi connectivity index (χ1) is 11.1. The third-order valence-corrected chi connectivity index (χ3v) is 3.18. The molecule has 0 heterocycles. The number of nitrogens with zero attached hydrogens (tertiary/aromatic N) is 1. The molecular formula is C17H25N3O3. The van der Waals surface area contributed by atoms with Crippen molar-refractivity contribution in [3.63, 3.8) is 0 Å². The molecule has 2 amide bonds. The molecule has 126 valence electrons. The van der Waals surface area contributed by atoms with E-state index in [9.17, 15) is 9.59 Å². The van der Waals surface area contributed by atoms with Gasteiger partial charge >= 0.3 is 0 Å². The van der Waals surface area contributed by atoms with Crippen molar-refractivity contribution < 1.29 is 14.3 Å². The van der Waals surface area contributed by atoms with Crippen molar-refractivity contribution in [3.8, 4) is 5.75 Å². The van der Waals surface area contributed by atoms with Crippen LogP contribution in [0.3, 0.4) is 0 Å². The van der Waals surface area contributed by atoms with E-state index in [4.69, 9.17) is 4.74 Å². The number of hydrogen-bond donors (Lipinski definition) is 2. The molecule has 0 atom stereocenters. The predicted octanol–water partition coefficient (Wildman–Crippen LogP) is 3.10. The average Bonchev–Trinajstić information content (AvgIpc) is 2.56. The van der Waals surface area contributed by atoms with E-state index >= 15 is 0 Å². The highest BCUT2D eigenvalue weighted by Gasteiger charge is 2.07. The molecule has 0 spiro atoms. The van der Waals surface area contributed by atoms with E-state index in [0.717, 1.165) is 24.3 Å². The molecule has 0 aromatic heterocycles. The summed E-state index contributed by atoms with van der Waals surface area (Å²) in [5, 5.41) is 6.76. The molecular weight excluding hydrogens is 294 g/mol. The van der Waals surface area contributed by atoms with Crippen LogP contribution in [0.15, 0.2) is 29.4 Å². The Balaban J connectivity index is 2.36. The molecule has 0 aliphatic carbocycles. The summed E-state index contributed by atoms with van der Waals surface area (Å²) in [5.41, 5.74) is 4.08. The van der Waals surface area contributed by atoms with Gasteiger partial charge < -0.3 is 10.1 Å². The number of amides is 2. The fourth-order valence-corrected chi connectivity index (χ4v) is 1.86. The second-order valence-electron chi connectivity index (χ2n) is 4.93. The molecule has 1 aromatic rings. The van der Waals surface area contributed by atoms with Crippen LogP contribution in [0.25, 0.3) is 0 Å². The van der Waals surface area contributed by atoms with E-state index in [2.05, 4.69) is 15.8 Å². The first-order valence-corrected chi connectivity index (χ1v) is 7.96. The zero-order valence-corrected chi connectivity index (χ0v) is 14.0. The van der Waals surface area contributed by atoms with Crippen molar-refractivity contribution >= 4 is 23.2 Å². The van der Waals surface area contributed by atoms with Crippen LogP contribution in [0.5, 0.6) is 5.75 Å². The van der Waals surface area contributed by atoms with Crippen molar-refractivity contribution in [2.45, 2.75) is 46.5 Å². The van der Waals surface area contributed by atoms with Crippen molar-refractivity contribution in [1.29, 1.82) is 0 Å². The molecule has 2 N–H and O–H groups in total. The third kappa shape index (κ3) is 7.44. The Labute approximate surface area is 137 Å². The van der Waals surface area contributed by atoms with Gasteiger partial charge in [-0.2, -0.15) is 5.10 Å². The number of ether oxygens (including phenoxy) is 1. The minimum absolute atomic E-state index is 0.104. The molecule has 0 fully saturated rings. The van der Waals surface area contributed by atoms with Gasteiger partial charge in [0.05, 0.1) is 6.61 Å². The van der Waals surface area contributed by atoms with Gasteiger partial charge in [0.15, 0.2) is 0 Å². The van der Waals surface area contributed by atoms with Gasteiger partial charge in [0.2, 0.25) is 11.8 Å². The number of carbonyl (C=O) groups excluding carboxylic acids is 2. The Hall–Kier alpha value is -2.37. The first kappa shape index (κ1) is 18.7. The Kier molecular flexibility index (Phi) is 8.42. The fraction of sp³-hybridized carbons (Fsp3) is 0.471. The molecule has 0 aliphatic rings. The van der Waals surface area contributed by atoms with Crippen LogP contribution < -0.4 is 15.5 Å². The number of rotatable bonds is 9. The number of benzene rings is 1. The summed E-state index contributed by atoms with van der Waals surface area (Å²) in [6.45, 7) is 6.48.